The van der Waals surface area contributed by atoms with Crippen molar-refractivity contribution in [2.24, 2.45) is 11.7 Å². The van der Waals surface area contributed by atoms with Gasteiger partial charge in [-0.25, -0.2) is 4.79 Å². The van der Waals surface area contributed by atoms with E-state index in [0.29, 0.717) is 12.0 Å². The second-order valence-electron chi connectivity index (χ2n) is 6.83. The maximum absolute atomic E-state index is 11.7. The molecular weight excluding hydrogens is 248 g/mol. The zero-order valence-corrected chi connectivity index (χ0v) is 12.2. The number of primary amides is 1. The summed E-state index contributed by atoms with van der Waals surface area (Å²) in [6.45, 7) is 0.868. The van der Waals surface area contributed by atoms with Crippen LogP contribution in [0.4, 0.5) is 4.79 Å². The SMILES string of the molecule is NC(=O)N1CCCC2C3=C(CCC21)C1=C(CCC1)CC3. The molecule has 2 N–H and O–H groups in total. The number of fused-ring (bicyclic) bond motifs is 3. The first-order valence-electron chi connectivity index (χ1n) is 8.25. The van der Waals surface area contributed by atoms with Gasteiger partial charge in [-0.1, -0.05) is 11.1 Å². The number of amides is 2. The topological polar surface area (TPSA) is 46.3 Å². The molecule has 4 rings (SSSR count). The fourth-order valence-electron chi connectivity index (χ4n) is 5.18. The van der Waals surface area contributed by atoms with Gasteiger partial charge in [-0.15, -0.1) is 0 Å². The highest BCUT2D eigenvalue weighted by Gasteiger charge is 2.41. The van der Waals surface area contributed by atoms with Crippen molar-refractivity contribution in [3.63, 3.8) is 0 Å². The Hall–Kier alpha value is -1.25. The van der Waals surface area contributed by atoms with E-state index in [9.17, 15) is 4.79 Å². The number of nitrogens with two attached hydrogens (primary N) is 1. The van der Waals surface area contributed by atoms with Crippen LogP contribution < -0.4 is 5.73 Å². The Balaban J connectivity index is 1.69. The molecule has 3 nitrogen and oxygen atoms in total. The summed E-state index contributed by atoms with van der Waals surface area (Å²) in [7, 11) is 0. The van der Waals surface area contributed by atoms with Crippen molar-refractivity contribution >= 4 is 6.03 Å². The first kappa shape index (κ1) is 12.5. The molecule has 108 valence electrons. The van der Waals surface area contributed by atoms with E-state index < -0.39 is 0 Å². The van der Waals surface area contributed by atoms with Crippen LogP contribution in [0.15, 0.2) is 22.3 Å². The van der Waals surface area contributed by atoms with Gasteiger partial charge in [0.25, 0.3) is 0 Å². The predicted molar refractivity (Wildman–Crippen MR) is 79.2 cm³/mol. The van der Waals surface area contributed by atoms with Gasteiger partial charge in [0.2, 0.25) is 0 Å². The number of hydrogen-bond donors (Lipinski definition) is 1. The molecule has 2 atom stereocenters. The van der Waals surface area contributed by atoms with Crippen LogP contribution in [0, 0.1) is 5.92 Å². The number of allylic oxidation sites excluding steroid dienone is 3. The van der Waals surface area contributed by atoms with Crippen molar-refractivity contribution in [3.8, 4) is 0 Å². The number of rotatable bonds is 0. The molecule has 1 heterocycles. The largest absolute Gasteiger partial charge is 0.351 e. The zero-order chi connectivity index (χ0) is 13.7. The van der Waals surface area contributed by atoms with E-state index in [-0.39, 0.29) is 6.03 Å². The lowest BCUT2D eigenvalue weighted by atomic mass is 9.68. The van der Waals surface area contributed by atoms with E-state index in [1.54, 1.807) is 22.3 Å². The van der Waals surface area contributed by atoms with Gasteiger partial charge < -0.3 is 10.6 Å². The lowest BCUT2D eigenvalue weighted by Gasteiger charge is -2.46. The fourth-order valence-corrected chi connectivity index (χ4v) is 5.18. The number of piperidine rings is 1. The Kier molecular flexibility index (Phi) is 2.90. The van der Waals surface area contributed by atoms with Crippen molar-refractivity contribution in [3.05, 3.63) is 22.3 Å². The second-order valence-corrected chi connectivity index (χ2v) is 6.83. The molecule has 1 aliphatic heterocycles. The average Bonchev–Trinajstić information content (AvgIpc) is 2.94. The third-order valence-corrected chi connectivity index (χ3v) is 5.98. The monoisotopic (exact) mass is 272 g/mol. The molecule has 0 spiro atoms. The molecule has 4 aliphatic rings. The van der Waals surface area contributed by atoms with Crippen LogP contribution in [0.2, 0.25) is 0 Å². The molecule has 0 aromatic rings. The number of urea groups is 1. The molecule has 0 saturated carbocycles. The normalized spacial score (nSPS) is 32.9. The summed E-state index contributed by atoms with van der Waals surface area (Å²) >= 11 is 0. The summed E-state index contributed by atoms with van der Waals surface area (Å²) < 4.78 is 0. The second kappa shape index (κ2) is 4.64. The minimum absolute atomic E-state index is 0.208. The molecule has 3 aliphatic carbocycles. The summed E-state index contributed by atoms with van der Waals surface area (Å²) in [6, 6.07) is 0.184. The number of carbonyl (C=O) groups is 1. The van der Waals surface area contributed by atoms with Gasteiger partial charge in [0, 0.05) is 18.5 Å². The Bertz CT molecular complexity index is 517. The number of carbonyl (C=O) groups excluding carboxylic acids is 1. The van der Waals surface area contributed by atoms with Gasteiger partial charge in [-0.05, 0) is 68.9 Å². The highest BCUT2D eigenvalue weighted by atomic mass is 16.2. The van der Waals surface area contributed by atoms with Crippen molar-refractivity contribution in [2.75, 3.05) is 6.54 Å². The molecule has 20 heavy (non-hydrogen) atoms. The Morgan fingerprint density at radius 3 is 2.75 bits per heavy atom. The molecule has 1 saturated heterocycles. The molecule has 0 radical (unpaired) electrons. The summed E-state index contributed by atoms with van der Waals surface area (Å²) in [5, 5.41) is 0. The van der Waals surface area contributed by atoms with Crippen LogP contribution in [-0.4, -0.2) is 23.5 Å². The standard InChI is InChI=1S/C17H24N2O/c18-17(20)19-10-2-5-15-14-7-6-11-3-1-4-12(11)13(14)8-9-16(15)19/h15-16H,1-10H2,(H2,18,20). The molecule has 0 aromatic heterocycles. The van der Waals surface area contributed by atoms with E-state index in [4.69, 9.17) is 5.73 Å². The number of hydrogen-bond acceptors (Lipinski definition) is 1. The molecule has 2 amide bonds. The Morgan fingerprint density at radius 1 is 1.00 bits per heavy atom. The van der Waals surface area contributed by atoms with E-state index in [0.717, 1.165) is 19.4 Å². The summed E-state index contributed by atoms with van der Waals surface area (Å²) in [5.41, 5.74) is 12.5. The molecule has 3 heteroatoms. The van der Waals surface area contributed by atoms with Gasteiger partial charge in [0.15, 0.2) is 0 Å². The number of likely N-dealkylation sites (tertiary alicyclic amines) is 1. The molecule has 2 unspecified atom stereocenters. The van der Waals surface area contributed by atoms with E-state index in [2.05, 4.69) is 0 Å². The minimum atomic E-state index is -0.208. The average molecular weight is 272 g/mol. The van der Waals surface area contributed by atoms with Crippen LogP contribution in [0.3, 0.4) is 0 Å². The number of nitrogens with zero attached hydrogens (tertiary/aromatic N) is 1. The van der Waals surface area contributed by atoms with E-state index in [1.807, 2.05) is 4.90 Å². The predicted octanol–water partition coefficient (Wildman–Crippen LogP) is 3.51. The third-order valence-electron chi connectivity index (χ3n) is 5.98. The van der Waals surface area contributed by atoms with Gasteiger partial charge in [0.05, 0.1) is 0 Å². The smallest absolute Gasteiger partial charge is 0.315 e. The van der Waals surface area contributed by atoms with Crippen LogP contribution in [0.5, 0.6) is 0 Å². The van der Waals surface area contributed by atoms with Crippen LogP contribution in [-0.2, 0) is 0 Å². The van der Waals surface area contributed by atoms with Gasteiger partial charge in [-0.3, -0.25) is 0 Å². The van der Waals surface area contributed by atoms with Crippen molar-refractivity contribution in [1.29, 1.82) is 0 Å². The van der Waals surface area contributed by atoms with Gasteiger partial charge in [-0.2, -0.15) is 0 Å². The van der Waals surface area contributed by atoms with Crippen LogP contribution in [0.25, 0.3) is 0 Å². The summed E-state index contributed by atoms with van der Waals surface area (Å²) in [6.07, 6.45) is 11.2. The lowest BCUT2D eigenvalue weighted by molar-refractivity contribution is 0.119. The maximum Gasteiger partial charge on any atom is 0.315 e. The van der Waals surface area contributed by atoms with Gasteiger partial charge >= 0.3 is 6.03 Å². The molecule has 0 aromatic carbocycles. The quantitative estimate of drug-likeness (QED) is 0.720. The lowest BCUT2D eigenvalue weighted by Crippen LogP contribution is -2.52. The summed E-state index contributed by atoms with van der Waals surface area (Å²) in [4.78, 5) is 13.6. The fraction of sp³-hybridized carbons (Fsp3) is 0.706. The highest BCUT2D eigenvalue weighted by molar-refractivity contribution is 5.72. The van der Waals surface area contributed by atoms with Crippen LogP contribution in [0.1, 0.15) is 57.8 Å². The van der Waals surface area contributed by atoms with E-state index in [1.165, 1.54) is 44.9 Å². The first-order valence-corrected chi connectivity index (χ1v) is 8.25. The molecule has 1 fully saturated rings. The molecular formula is C17H24N2O. The first-order chi connectivity index (χ1) is 9.75. The van der Waals surface area contributed by atoms with Crippen molar-refractivity contribution < 1.29 is 4.79 Å². The van der Waals surface area contributed by atoms with Crippen molar-refractivity contribution in [2.45, 2.75) is 63.8 Å². The van der Waals surface area contributed by atoms with Gasteiger partial charge in [0.1, 0.15) is 0 Å². The zero-order valence-electron chi connectivity index (χ0n) is 12.2. The molecule has 0 bridgehead atoms. The Labute approximate surface area is 120 Å². The van der Waals surface area contributed by atoms with E-state index >= 15 is 0 Å². The van der Waals surface area contributed by atoms with Crippen molar-refractivity contribution in [1.82, 2.24) is 4.90 Å². The van der Waals surface area contributed by atoms with Crippen LogP contribution >= 0.6 is 0 Å². The third kappa shape index (κ3) is 1.75. The highest BCUT2D eigenvalue weighted by Crippen LogP contribution is 2.50. The summed E-state index contributed by atoms with van der Waals surface area (Å²) in [5.74, 6) is 0.606. The Morgan fingerprint density at radius 2 is 1.90 bits per heavy atom. The maximum atomic E-state index is 11.7. The minimum Gasteiger partial charge on any atom is -0.351 e.